The molecule has 0 saturated carbocycles. The molecule has 3 heterocycles. The fourth-order valence-corrected chi connectivity index (χ4v) is 3.31. The molecule has 3 aromatic rings. The first kappa shape index (κ1) is 17.8. The molecule has 0 fully saturated rings. The van der Waals surface area contributed by atoms with E-state index >= 15 is 0 Å². The van der Waals surface area contributed by atoms with E-state index in [1.807, 2.05) is 26.4 Å². The van der Waals surface area contributed by atoms with Crippen molar-refractivity contribution in [3.05, 3.63) is 42.4 Å². The van der Waals surface area contributed by atoms with Crippen LogP contribution in [-0.2, 0) is 18.9 Å². The average molecular weight is 379 g/mol. The molecular weight excluding hydrogens is 358 g/mol. The Hall–Kier alpha value is -3.62. The topological polar surface area (TPSA) is 106 Å². The minimum atomic E-state index is -0.309. The standard InChI is InChI=1S/C19H21N7O2/c1-11-7-16(27)22-15-6-4-5-13(17(15)21-11)19(28)23-18-14(10-26(3)24-18)12-8-20-25(2)9-12/h4-6,8-11,21H,7H2,1-3H3,(H,22,27)(H,23,24,28). The Morgan fingerprint density at radius 3 is 2.82 bits per heavy atom. The fraction of sp³-hybridized carbons (Fsp3) is 0.263. The van der Waals surface area contributed by atoms with Crippen molar-refractivity contribution in [1.82, 2.24) is 19.6 Å². The summed E-state index contributed by atoms with van der Waals surface area (Å²) in [7, 11) is 3.63. The van der Waals surface area contributed by atoms with Gasteiger partial charge in [0.1, 0.15) is 0 Å². The van der Waals surface area contributed by atoms with Gasteiger partial charge in [-0.2, -0.15) is 10.2 Å². The van der Waals surface area contributed by atoms with Crippen molar-refractivity contribution in [1.29, 1.82) is 0 Å². The molecule has 3 N–H and O–H groups in total. The molecule has 4 rings (SSSR count). The quantitative estimate of drug-likeness (QED) is 0.647. The Bertz CT molecular complexity index is 1070. The highest BCUT2D eigenvalue weighted by Crippen LogP contribution is 2.32. The van der Waals surface area contributed by atoms with E-state index in [1.165, 1.54) is 0 Å². The smallest absolute Gasteiger partial charge is 0.259 e. The van der Waals surface area contributed by atoms with Gasteiger partial charge in [-0.15, -0.1) is 0 Å². The van der Waals surface area contributed by atoms with Crippen LogP contribution in [0.15, 0.2) is 36.8 Å². The second-order valence-electron chi connectivity index (χ2n) is 6.95. The number of hydrogen-bond acceptors (Lipinski definition) is 5. The van der Waals surface area contributed by atoms with E-state index in [-0.39, 0.29) is 17.9 Å². The van der Waals surface area contributed by atoms with Crippen LogP contribution in [0.25, 0.3) is 11.1 Å². The third-order valence-corrected chi connectivity index (χ3v) is 4.54. The van der Waals surface area contributed by atoms with Crippen LogP contribution in [0.4, 0.5) is 17.2 Å². The Morgan fingerprint density at radius 1 is 1.25 bits per heavy atom. The molecule has 9 heteroatoms. The number of anilines is 3. The fourth-order valence-electron chi connectivity index (χ4n) is 3.31. The molecule has 0 bridgehead atoms. The summed E-state index contributed by atoms with van der Waals surface area (Å²) in [5.74, 6) is 0.0558. The summed E-state index contributed by atoms with van der Waals surface area (Å²) in [5.41, 5.74) is 3.28. The summed E-state index contributed by atoms with van der Waals surface area (Å²) < 4.78 is 3.34. The maximum atomic E-state index is 13.1. The maximum absolute atomic E-state index is 13.1. The molecule has 1 aliphatic rings. The molecule has 2 amide bonds. The lowest BCUT2D eigenvalue weighted by atomic mass is 10.1. The van der Waals surface area contributed by atoms with Gasteiger partial charge in [0.25, 0.3) is 5.91 Å². The zero-order valence-electron chi connectivity index (χ0n) is 15.9. The molecule has 1 unspecified atom stereocenters. The maximum Gasteiger partial charge on any atom is 0.259 e. The van der Waals surface area contributed by atoms with E-state index in [2.05, 4.69) is 26.1 Å². The summed E-state index contributed by atoms with van der Waals surface area (Å²) in [6.45, 7) is 1.91. The molecule has 144 valence electrons. The molecule has 0 spiro atoms. The minimum Gasteiger partial charge on any atom is -0.380 e. The SMILES string of the molecule is CC1CC(=O)Nc2cccc(C(=O)Nc3nn(C)cc3-c3cnn(C)c3)c2N1. The first-order chi connectivity index (χ1) is 13.4. The van der Waals surface area contributed by atoms with E-state index in [0.29, 0.717) is 29.2 Å². The summed E-state index contributed by atoms with van der Waals surface area (Å²) in [6.07, 6.45) is 5.75. The van der Waals surface area contributed by atoms with Gasteiger partial charge in [-0.05, 0) is 19.1 Å². The predicted molar refractivity (Wildman–Crippen MR) is 106 cm³/mol. The van der Waals surface area contributed by atoms with E-state index < -0.39 is 0 Å². The molecule has 0 saturated heterocycles. The molecule has 28 heavy (non-hydrogen) atoms. The number of hydrogen-bond donors (Lipinski definition) is 3. The third-order valence-electron chi connectivity index (χ3n) is 4.54. The first-order valence-electron chi connectivity index (χ1n) is 8.94. The second kappa shape index (κ2) is 6.84. The predicted octanol–water partition coefficient (Wildman–Crippen LogP) is 2.22. The number of carbonyl (C=O) groups excluding carboxylic acids is 2. The lowest BCUT2D eigenvalue weighted by Crippen LogP contribution is -2.20. The summed E-state index contributed by atoms with van der Waals surface area (Å²) in [4.78, 5) is 25.0. The minimum absolute atomic E-state index is 0.0834. The van der Waals surface area contributed by atoms with Gasteiger partial charge in [0.05, 0.1) is 23.1 Å². The molecular formula is C19H21N7O2. The number of aromatic nitrogens is 4. The van der Waals surface area contributed by atoms with Gasteiger partial charge in [-0.1, -0.05) is 6.07 Å². The van der Waals surface area contributed by atoms with Gasteiger partial charge in [0.2, 0.25) is 5.91 Å². The van der Waals surface area contributed by atoms with E-state index in [1.54, 1.807) is 40.8 Å². The van der Waals surface area contributed by atoms with Crippen molar-refractivity contribution in [2.75, 3.05) is 16.0 Å². The Balaban J connectivity index is 1.68. The zero-order chi connectivity index (χ0) is 19.8. The lowest BCUT2D eigenvalue weighted by molar-refractivity contribution is -0.116. The van der Waals surface area contributed by atoms with Crippen LogP contribution < -0.4 is 16.0 Å². The number of fused-ring (bicyclic) bond motifs is 1. The highest BCUT2D eigenvalue weighted by atomic mass is 16.2. The van der Waals surface area contributed by atoms with Crippen LogP contribution in [0.2, 0.25) is 0 Å². The highest BCUT2D eigenvalue weighted by molar-refractivity contribution is 6.12. The van der Waals surface area contributed by atoms with Gasteiger partial charge in [0.15, 0.2) is 5.82 Å². The third kappa shape index (κ3) is 3.34. The molecule has 1 atom stereocenters. The molecule has 2 aromatic heterocycles. The van der Waals surface area contributed by atoms with Crippen LogP contribution >= 0.6 is 0 Å². The van der Waals surface area contributed by atoms with Crippen LogP contribution in [0.5, 0.6) is 0 Å². The van der Waals surface area contributed by atoms with E-state index in [0.717, 1.165) is 11.1 Å². The van der Waals surface area contributed by atoms with Gasteiger partial charge in [0, 0.05) is 50.1 Å². The molecule has 1 aromatic carbocycles. The van der Waals surface area contributed by atoms with Crippen LogP contribution in [0.3, 0.4) is 0 Å². The van der Waals surface area contributed by atoms with Gasteiger partial charge in [-0.3, -0.25) is 19.0 Å². The summed E-state index contributed by atoms with van der Waals surface area (Å²) in [6, 6.07) is 5.15. The number of benzene rings is 1. The number of aryl methyl sites for hydroxylation is 2. The number of nitrogens with one attached hydrogen (secondary N) is 3. The van der Waals surface area contributed by atoms with Gasteiger partial charge >= 0.3 is 0 Å². The molecule has 1 aliphatic heterocycles. The van der Waals surface area contributed by atoms with Crippen LogP contribution in [0.1, 0.15) is 23.7 Å². The normalized spacial score (nSPS) is 16.0. The first-order valence-corrected chi connectivity index (χ1v) is 8.94. The molecule has 0 radical (unpaired) electrons. The summed E-state index contributed by atoms with van der Waals surface area (Å²) >= 11 is 0. The van der Waals surface area contributed by atoms with Crippen LogP contribution in [0, 0.1) is 0 Å². The summed E-state index contributed by atoms with van der Waals surface area (Å²) in [5, 5.41) is 17.6. The number of rotatable bonds is 3. The molecule has 0 aliphatic carbocycles. The zero-order valence-corrected chi connectivity index (χ0v) is 15.9. The van der Waals surface area contributed by atoms with Gasteiger partial charge in [-0.25, -0.2) is 0 Å². The Kier molecular flexibility index (Phi) is 4.34. The monoisotopic (exact) mass is 379 g/mol. The van der Waals surface area contributed by atoms with E-state index in [4.69, 9.17) is 0 Å². The van der Waals surface area contributed by atoms with Gasteiger partial charge < -0.3 is 16.0 Å². The van der Waals surface area contributed by atoms with E-state index in [9.17, 15) is 9.59 Å². The van der Waals surface area contributed by atoms with Crippen molar-refractivity contribution < 1.29 is 9.59 Å². The van der Waals surface area contributed by atoms with Crippen molar-refractivity contribution in [3.8, 4) is 11.1 Å². The number of nitrogens with zero attached hydrogens (tertiary/aromatic N) is 4. The number of para-hydroxylation sites is 1. The van der Waals surface area contributed by atoms with Crippen molar-refractivity contribution >= 4 is 29.0 Å². The highest BCUT2D eigenvalue weighted by Gasteiger charge is 2.23. The lowest BCUT2D eigenvalue weighted by Gasteiger charge is -2.16. The van der Waals surface area contributed by atoms with Crippen molar-refractivity contribution in [3.63, 3.8) is 0 Å². The Labute approximate surface area is 161 Å². The molecule has 9 nitrogen and oxygen atoms in total. The van der Waals surface area contributed by atoms with Crippen molar-refractivity contribution in [2.24, 2.45) is 14.1 Å². The van der Waals surface area contributed by atoms with Crippen molar-refractivity contribution in [2.45, 2.75) is 19.4 Å². The average Bonchev–Trinajstić information content (AvgIpc) is 3.17. The largest absolute Gasteiger partial charge is 0.380 e. The number of amides is 2. The Morgan fingerprint density at radius 2 is 2.07 bits per heavy atom. The second-order valence-corrected chi connectivity index (χ2v) is 6.95. The van der Waals surface area contributed by atoms with Crippen LogP contribution in [-0.4, -0.2) is 37.4 Å². The number of carbonyl (C=O) groups is 2.